The molecule has 0 amide bonds. The maximum Gasteiger partial charge on any atom is 0.0840 e. The summed E-state index contributed by atoms with van der Waals surface area (Å²) in [5.74, 6) is 0. The molecule has 0 radical (unpaired) electrons. The second kappa shape index (κ2) is 4.17. The number of aliphatic hydroxyl groups excluding tert-OH is 1. The second-order valence-electron chi connectivity index (χ2n) is 3.86. The van der Waals surface area contributed by atoms with Crippen LogP contribution in [0.15, 0.2) is 41.8 Å². The molecule has 1 heterocycles. The highest BCUT2D eigenvalue weighted by Crippen LogP contribution is 2.32. The van der Waals surface area contributed by atoms with Crippen molar-refractivity contribution >= 4 is 21.4 Å². The van der Waals surface area contributed by atoms with Gasteiger partial charge >= 0.3 is 0 Å². The average Bonchev–Trinajstić information content (AvgIpc) is 2.59. The van der Waals surface area contributed by atoms with Crippen LogP contribution in [0, 0.1) is 0 Å². The Balaban J connectivity index is 2.39. The Morgan fingerprint density at radius 1 is 1.47 bits per heavy atom. The zero-order valence-electron chi connectivity index (χ0n) is 8.73. The van der Waals surface area contributed by atoms with Crippen LogP contribution in [0.4, 0.5) is 0 Å². The first-order valence-corrected chi connectivity index (χ1v) is 5.85. The highest BCUT2D eigenvalue weighted by atomic mass is 32.1. The molecule has 1 aromatic carbocycles. The molecule has 1 nitrogen and oxygen atoms in total. The Labute approximate surface area is 93.7 Å². The average molecular weight is 218 g/mol. The van der Waals surface area contributed by atoms with Gasteiger partial charge in [0.15, 0.2) is 0 Å². The van der Waals surface area contributed by atoms with Crippen LogP contribution in [0.1, 0.15) is 25.0 Å². The molecule has 0 aliphatic rings. The van der Waals surface area contributed by atoms with Gasteiger partial charge in [-0.25, -0.2) is 0 Å². The Bertz CT molecular complexity index is 484. The minimum absolute atomic E-state index is 0.418. The third-order valence-corrected chi connectivity index (χ3v) is 3.39. The molecule has 1 unspecified atom stereocenters. The molecule has 2 heteroatoms. The van der Waals surface area contributed by atoms with Gasteiger partial charge in [0.05, 0.1) is 6.10 Å². The maximum atomic E-state index is 10.0. The van der Waals surface area contributed by atoms with Crippen LogP contribution in [-0.4, -0.2) is 5.11 Å². The topological polar surface area (TPSA) is 20.2 Å². The number of thiophene rings is 1. The highest BCUT2D eigenvalue weighted by molar-refractivity contribution is 7.17. The smallest absolute Gasteiger partial charge is 0.0840 e. The van der Waals surface area contributed by atoms with Gasteiger partial charge in [0.25, 0.3) is 0 Å². The van der Waals surface area contributed by atoms with E-state index < -0.39 is 6.10 Å². The SMILES string of the molecule is C=C(C)CC(O)c1csc2ccccc12. The van der Waals surface area contributed by atoms with E-state index in [-0.39, 0.29) is 0 Å². The monoisotopic (exact) mass is 218 g/mol. The molecule has 0 saturated heterocycles. The fraction of sp³-hybridized carbons (Fsp3) is 0.231. The van der Waals surface area contributed by atoms with Gasteiger partial charge in [-0.15, -0.1) is 17.9 Å². The van der Waals surface area contributed by atoms with Gasteiger partial charge in [0.1, 0.15) is 0 Å². The van der Waals surface area contributed by atoms with E-state index in [1.54, 1.807) is 11.3 Å². The molecule has 78 valence electrons. The van der Waals surface area contributed by atoms with Crippen molar-refractivity contribution in [1.29, 1.82) is 0 Å². The predicted molar refractivity (Wildman–Crippen MR) is 66.2 cm³/mol. The van der Waals surface area contributed by atoms with Crippen molar-refractivity contribution in [1.82, 2.24) is 0 Å². The molecule has 0 saturated carbocycles. The summed E-state index contributed by atoms with van der Waals surface area (Å²) in [5.41, 5.74) is 2.04. The van der Waals surface area contributed by atoms with Crippen molar-refractivity contribution in [2.75, 3.05) is 0 Å². The number of fused-ring (bicyclic) bond motifs is 1. The van der Waals surface area contributed by atoms with E-state index in [0.717, 1.165) is 16.5 Å². The molecule has 0 aliphatic carbocycles. The van der Waals surface area contributed by atoms with Gasteiger partial charge in [-0.2, -0.15) is 0 Å². The Morgan fingerprint density at radius 2 is 2.20 bits per heavy atom. The van der Waals surface area contributed by atoms with E-state index in [1.807, 2.05) is 24.4 Å². The van der Waals surface area contributed by atoms with Gasteiger partial charge < -0.3 is 5.11 Å². The van der Waals surface area contributed by atoms with Crippen molar-refractivity contribution in [2.24, 2.45) is 0 Å². The van der Waals surface area contributed by atoms with E-state index in [0.29, 0.717) is 6.42 Å². The minimum Gasteiger partial charge on any atom is -0.388 e. The largest absolute Gasteiger partial charge is 0.388 e. The lowest BCUT2D eigenvalue weighted by Crippen LogP contribution is -1.96. The summed E-state index contributed by atoms with van der Waals surface area (Å²) in [6.07, 6.45) is 0.222. The zero-order valence-corrected chi connectivity index (χ0v) is 9.55. The quantitative estimate of drug-likeness (QED) is 0.775. The predicted octanol–water partition coefficient (Wildman–Crippen LogP) is 3.90. The van der Waals surface area contributed by atoms with Crippen molar-refractivity contribution in [3.05, 3.63) is 47.4 Å². The van der Waals surface area contributed by atoms with Crippen molar-refractivity contribution in [2.45, 2.75) is 19.4 Å². The molecule has 1 atom stereocenters. The summed E-state index contributed by atoms with van der Waals surface area (Å²) in [6.45, 7) is 5.77. The first-order valence-electron chi connectivity index (χ1n) is 4.97. The third kappa shape index (κ3) is 2.11. The molecule has 15 heavy (non-hydrogen) atoms. The third-order valence-electron chi connectivity index (χ3n) is 2.41. The normalized spacial score (nSPS) is 12.9. The van der Waals surface area contributed by atoms with Crippen LogP contribution in [0.5, 0.6) is 0 Å². The van der Waals surface area contributed by atoms with Crippen LogP contribution in [0.25, 0.3) is 10.1 Å². The van der Waals surface area contributed by atoms with E-state index in [2.05, 4.69) is 18.7 Å². The molecule has 0 bridgehead atoms. The molecule has 2 aromatic rings. The summed E-state index contributed by atoms with van der Waals surface area (Å²) in [4.78, 5) is 0. The Kier molecular flexibility index (Phi) is 2.89. The number of aliphatic hydroxyl groups is 1. The number of hydrogen-bond donors (Lipinski definition) is 1. The Morgan fingerprint density at radius 3 is 2.93 bits per heavy atom. The second-order valence-corrected chi connectivity index (χ2v) is 4.78. The van der Waals surface area contributed by atoms with Crippen LogP contribution < -0.4 is 0 Å². The summed E-state index contributed by atoms with van der Waals surface area (Å²) in [6, 6.07) is 8.17. The molecular formula is C13H14OS. The van der Waals surface area contributed by atoms with Crippen LogP contribution in [0.3, 0.4) is 0 Å². The standard InChI is InChI=1S/C13H14OS/c1-9(2)7-12(14)11-8-15-13-6-4-3-5-10(11)13/h3-6,8,12,14H,1,7H2,2H3. The van der Waals surface area contributed by atoms with Crippen LogP contribution in [-0.2, 0) is 0 Å². The summed E-state index contributed by atoms with van der Waals surface area (Å²) < 4.78 is 1.23. The fourth-order valence-electron chi connectivity index (χ4n) is 1.70. The molecular weight excluding hydrogens is 204 g/mol. The lowest BCUT2D eigenvalue weighted by atomic mass is 10.0. The number of rotatable bonds is 3. The molecule has 0 fully saturated rings. The highest BCUT2D eigenvalue weighted by Gasteiger charge is 2.12. The maximum absolute atomic E-state index is 10.0. The van der Waals surface area contributed by atoms with Gasteiger partial charge in [-0.3, -0.25) is 0 Å². The Hall–Kier alpha value is -1.12. The summed E-state index contributed by atoms with van der Waals surface area (Å²) in [7, 11) is 0. The van der Waals surface area contributed by atoms with Crippen LogP contribution in [0.2, 0.25) is 0 Å². The van der Waals surface area contributed by atoms with E-state index in [9.17, 15) is 5.11 Å². The fourth-order valence-corrected chi connectivity index (χ4v) is 2.70. The summed E-state index contributed by atoms with van der Waals surface area (Å²) >= 11 is 1.68. The lowest BCUT2D eigenvalue weighted by molar-refractivity contribution is 0.180. The first kappa shape index (κ1) is 10.4. The van der Waals surface area contributed by atoms with Gasteiger partial charge in [-0.1, -0.05) is 23.8 Å². The molecule has 1 aromatic heterocycles. The van der Waals surface area contributed by atoms with Gasteiger partial charge in [0.2, 0.25) is 0 Å². The zero-order chi connectivity index (χ0) is 10.8. The van der Waals surface area contributed by atoms with Crippen molar-refractivity contribution in [3.63, 3.8) is 0 Å². The first-order chi connectivity index (χ1) is 7.18. The summed E-state index contributed by atoms with van der Waals surface area (Å²) in [5, 5.41) is 13.2. The molecule has 0 spiro atoms. The number of benzene rings is 1. The van der Waals surface area contributed by atoms with Gasteiger partial charge in [-0.05, 0) is 35.7 Å². The molecule has 1 N–H and O–H groups in total. The van der Waals surface area contributed by atoms with E-state index in [4.69, 9.17) is 0 Å². The van der Waals surface area contributed by atoms with Gasteiger partial charge in [0, 0.05) is 4.70 Å². The van der Waals surface area contributed by atoms with Crippen molar-refractivity contribution < 1.29 is 5.11 Å². The molecule has 0 aliphatic heterocycles. The van der Waals surface area contributed by atoms with Crippen molar-refractivity contribution in [3.8, 4) is 0 Å². The number of hydrogen-bond acceptors (Lipinski definition) is 2. The lowest BCUT2D eigenvalue weighted by Gasteiger charge is -2.09. The molecule has 2 rings (SSSR count). The minimum atomic E-state index is -0.418. The van der Waals surface area contributed by atoms with Crippen LogP contribution >= 0.6 is 11.3 Å². The van der Waals surface area contributed by atoms with E-state index in [1.165, 1.54) is 4.70 Å². The van der Waals surface area contributed by atoms with E-state index >= 15 is 0 Å².